The molecule has 1 fully saturated rings. The van der Waals surface area contributed by atoms with Crippen molar-refractivity contribution < 1.29 is 9.59 Å². The fourth-order valence-corrected chi connectivity index (χ4v) is 2.80. The first kappa shape index (κ1) is 17.1. The van der Waals surface area contributed by atoms with Gasteiger partial charge in [0, 0.05) is 42.6 Å². The molecule has 0 spiro atoms. The van der Waals surface area contributed by atoms with Crippen molar-refractivity contribution in [2.24, 2.45) is 0 Å². The van der Waals surface area contributed by atoms with Gasteiger partial charge in [0.25, 0.3) is 0 Å². The Bertz CT molecular complexity index is 746. The number of hydrogen-bond donors (Lipinski definition) is 2. The summed E-state index contributed by atoms with van der Waals surface area (Å²) in [6.07, 6.45) is 0. The largest absolute Gasteiger partial charge is 0.321 e. The molecule has 0 aromatic heterocycles. The number of urea groups is 2. The number of rotatable bonds is 2. The Hall–Kier alpha value is -2.73. The van der Waals surface area contributed by atoms with Crippen LogP contribution in [0.15, 0.2) is 54.6 Å². The van der Waals surface area contributed by atoms with Crippen LogP contribution in [0.2, 0.25) is 5.02 Å². The Balaban J connectivity index is 1.49. The lowest BCUT2D eigenvalue weighted by Crippen LogP contribution is -2.52. The molecule has 0 bridgehead atoms. The van der Waals surface area contributed by atoms with Crippen molar-refractivity contribution in [1.29, 1.82) is 0 Å². The van der Waals surface area contributed by atoms with Gasteiger partial charge in [0.15, 0.2) is 0 Å². The van der Waals surface area contributed by atoms with Crippen LogP contribution in [0.25, 0.3) is 0 Å². The predicted molar refractivity (Wildman–Crippen MR) is 99.1 cm³/mol. The van der Waals surface area contributed by atoms with E-state index in [1.165, 1.54) is 0 Å². The minimum atomic E-state index is -0.189. The monoisotopic (exact) mass is 358 g/mol. The lowest BCUT2D eigenvalue weighted by atomic mass is 10.3. The van der Waals surface area contributed by atoms with E-state index in [-0.39, 0.29) is 12.1 Å². The number of hydrogen-bond acceptors (Lipinski definition) is 2. The molecule has 0 aliphatic carbocycles. The molecule has 130 valence electrons. The maximum absolute atomic E-state index is 12.3. The number of benzene rings is 2. The smallest absolute Gasteiger partial charge is 0.321 e. The Morgan fingerprint density at radius 1 is 0.760 bits per heavy atom. The van der Waals surface area contributed by atoms with Gasteiger partial charge in [-0.2, -0.15) is 0 Å². The Morgan fingerprint density at radius 3 is 1.84 bits per heavy atom. The number of anilines is 2. The molecule has 0 saturated carbocycles. The first-order valence-electron chi connectivity index (χ1n) is 8.04. The number of para-hydroxylation sites is 1. The highest BCUT2D eigenvalue weighted by Crippen LogP contribution is 2.16. The van der Waals surface area contributed by atoms with Crippen molar-refractivity contribution in [2.75, 3.05) is 36.8 Å². The predicted octanol–water partition coefficient (Wildman–Crippen LogP) is 3.72. The lowest BCUT2D eigenvalue weighted by Gasteiger charge is -2.34. The molecule has 0 atom stereocenters. The molecular formula is C18H19ClN4O2. The third kappa shape index (κ3) is 4.64. The average molecular weight is 359 g/mol. The fourth-order valence-electron chi connectivity index (χ4n) is 2.61. The van der Waals surface area contributed by atoms with E-state index in [2.05, 4.69) is 10.6 Å². The van der Waals surface area contributed by atoms with Gasteiger partial charge in [-0.25, -0.2) is 9.59 Å². The average Bonchev–Trinajstić information content (AvgIpc) is 2.62. The number of halogens is 1. The van der Waals surface area contributed by atoms with Gasteiger partial charge in [-0.15, -0.1) is 0 Å². The molecule has 1 aliphatic rings. The van der Waals surface area contributed by atoms with E-state index in [1.807, 2.05) is 30.3 Å². The van der Waals surface area contributed by atoms with E-state index in [0.29, 0.717) is 36.9 Å². The van der Waals surface area contributed by atoms with Gasteiger partial charge in [-0.1, -0.05) is 35.9 Å². The van der Waals surface area contributed by atoms with Gasteiger partial charge in [0.05, 0.1) is 0 Å². The van der Waals surface area contributed by atoms with E-state index >= 15 is 0 Å². The molecule has 25 heavy (non-hydrogen) atoms. The first-order chi connectivity index (χ1) is 12.1. The maximum atomic E-state index is 12.3. The van der Waals surface area contributed by atoms with Crippen LogP contribution in [0.3, 0.4) is 0 Å². The molecular weight excluding hydrogens is 340 g/mol. The van der Waals surface area contributed by atoms with E-state index in [0.717, 1.165) is 5.69 Å². The van der Waals surface area contributed by atoms with Crippen LogP contribution in [0.4, 0.5) is 21.0 Å². The molecule has 0 radical (unpaired) electrons. The van der Waals surface area contributed by atoms with Crippen LogP contribution in [0.1, 0.15) is 0 Å². The molecule has 2 aromatic rings. The molecule has 3 rings (SSSR count). The number of nitrogens with zero attached hydrogens (tertiary/aromatic N) is 2. The van der Waals surface area contributed by atoms with Crippen molar-refractivity contribution in [3.8, 4) is 0 Å². The van der Waals surface area contributed by atoms with Gasteiger partial charge in [0.2, 0.25) is 0 Å². The summed E-state index contributed by atoms with van der Waals surface area (Å²) in [5, 5.41) is 6.24. The van der Waals surface area contributed by atoms with Crippen molar-refractivity contribution in [3.05, 3.63) is 59.6 Å². The van der Waals surface area contributed by atoms with Crippen LogP contribution in [0.5, 0.6) is 0 Å². The zero-order chi connectivity index (χ0) is 17.6. The Kier molecular flexibility index (Phi) is 5.40. The van der Waals surface area contributed by atoms with E-state index in [4.69, 9.17) is 11.6 Å². The summed E-state index contributed by atoms with van der Waals surface area (Å²) >= 11 is 5.92. The van der Waals surface area contributed by atoms with Crippen molar-refractivity contribution in [3.63, 3.8) is 0 Å². The third-order valence-corrected chi connectivity index (χ3v) is 4.19. The second kappa shape index (κ2) is 7.90. The summed E-state index contributed by atoms with van der Waals surface area (Å²) < 4.78 is 0. The first-order valence-corrected chi connectivity index (χ1v) is 8.42. The molecule has 1 saturated heterocycles. The number of nitrogens with one attached hydrogen (secondary N) is 2. The molecule has 1 aliphatic heterocycles. The summed E-state index contributed by atoms with van der Waals surface area (Å²) in [5.41, 5.74) is 1.41. The number of amides is 4. The highest BCUT2D eigenvalue weighted by atomic mass is 35.5. The van der Waals surface area contributed by atoms with Crippen molar-refractivity contribution >= 4 is 35.0 Å². The fraction of sp³-hybridized carbons (Fsp3) is 0.222. The van der Waals surface area contributed by atoms with Gasteiger partial charge in [0.1, 0.15) is 0 Å². The normalized spacial score (nSPS) is 14.1. The quantitative estimate of drug-likeness (QED) is 0.859. The van der Waals surface area contributed by atoms with Crippen molar-refractivity contribution in [2.45, 2.75) is 0 Å². The molecule has 1 heterocycles. The number of carbonyl (C=O) groups excluding carboxylic acids is 2. The van der Waals surface area contributed by atoms with Gasteiger partial charge < -0.3 is 20.4 Å². The minimum Gasteiger partial charge on any atom is -0.321 e. The molecule has 2 N–H and O–H groups in total. The zero-order valence-corrected chi connectivity index (χ0v) is 14.4. The molecule has 2 aromatic carbocycles. The van der Waals surface area contributed by atoms with Gasteiger partial charge in [-0.3, -0.25) is 0 Å². The highest BCUT2D eigenvalue weighted by molar-refractivity contribution is 6.30. The van der Waals surface area contributed by atoms with E-state index in [9.17, 15) is 9.59 Å². The third-order valence-electron chi connectivity index (χ3n) is 3.96. The Morgan fingerprint density at radius 2 is 1.28 bits per heavy atom. The lowest BCUT2D eigenvalue weighted by molar-refractivity contribution is 0.156. The molecule has 6 nitrogen and oxygen atoms in total. The van der Waals surface area contributed by atoms with Gasteiger partial charge >= 0.3 is 12.1 Å². The number of carbonyl (C=O) groups is 2. The van der Waals surface area contributed by atoms with E-state index in [1.54, 1.807) is 34.1 Å². The zero-order valence-electron chi connectivity index (χ0n) is 13.6. The molecule has 4 amide bonds. The van der Waals surface area contributed by atoms with Crippen molar-refractivity contribution in [1.82, 2.24) is 9.80 Å². The summed E-state index contributed by atoms with van der Waals surface area (Å²) in [4.78, 5) is 27.9. The summed E-state index contributed by atoms with van der Waals surface area (Å²) in [7, 11) is 0. The Labute approximate surface area is 151 Å². The summed E-state index contributed by atoms with van der Waals surface area (Å²) in [6.45, 7) is 1.94. The maximum Gasteiger partial charge on any atom is 0.321 e. The van der Waals surface area contributed by atoms with Crippen LogP contribution < -0.4 is 10.6 Å². The topological polar surface area (TPSA) is 64.7 Å². The van der Waals surface area contributed by atoms with Crippen LogP contribution in [-0.4, -0.2) is 48.0 Å². The SMILES string of the molecule is O=C(Nc1ccccc1)N1CCN(C(=O)Nc2cccc(Cl)c2)CC1. The van der Waals surface area contributed by atoms with Crippen LogP contribution in [-0.2, 0) is 0 Å². The van der Waals surface area contributed by atoms with Crippen LogP contribution >= 0.6 is 11.6 Å². The summed E-state index contributed by atoms with van der Waals surface area (Å²) in [6, 6.07) is 16.0. The molecule has 0 unspecified atom stereocenters. The summed E-state index contributed by atoms with van der Waals surface area (Å²) in [5.74, 6) is 0. The number of piperazine rings is 1. The minimum absolute atomic E-state index is 0.152. The van der Waals surface area contributed by atoms with Crippen LogP contribution in [0, 0.1) is 0 Å². The van der Waals surface area contributed by atoms with Gasteiger partial charge in [-0.05, 0) is 30.3 Å². The second-order valence-corrected chi connectivity index (χ2v) is 6.15. The molecule has 7 heteroatoms. The highest BCUT2D eigenvalue weighted by Gasteiger charge is 2.24. The van der Waals surface area contributed by atoms with E-state index < -0.39 is 0 Å². The standard InChI is InChI=1S/C18H19ClN4O2/c19-14-5-4-8-16(13-14)21-18(25)23-11-9-22(10-12-23)17(24)20-15-6-2-1-3-7-15/h1-8,13H,9-12H2,(H,20,24)(H,21,25). The second-order valence-electron chi connectivity index (χ2n) is 5.71.